The number of nitrogens with one attached hydrogen (secondary N) is 2. The first-order valence-corrected chi connectivity index (χ1v) is 10.4. The van der Waals surface area contributed by atoms with Crippen molar-refractivity contribution in [1.82, 2.24) is 30.2 Å². The van der Waals surface area contributed by atoms with Gasteiger partial charge in [-0.05, 0) is 69.0 Å². The topological polar surface area (TPSA) is 76.8 Å². The maximum absolute atomic E-state index is 13.3. The van der Waals surface area contributed by atoms with E-state index in [-0.39, 0.29) is 5.91 Å². The zero-order chi connectivity index (χ0) is 19.7. The van der Waals surface area contributed by atoms with Gasteiger partial charge in [-0.1, -0.05) is 18.2 Å². The van der Waals surface area contributed by atoms with Gasteiger partial charge in [-0.15, -0.1) is 0 Å². The van der Waals surface area contributed by atoms with E-state index in [4.69, 9.17) is 5.10 Å². The Bertz CT molecular complexity index is 986. The molecule has 0 spiro atoms. The normalized spacial score (nSPS) is 17.8. The summed E-state index contributed by atoms with van der Waals surface area (Å²) in [5.74, 6) is 0.0312. The lowest BCUT2D eigenvalue weighted by atomic mass is 9.87. The first-order valence-electron chi connectivity index (χ1n) is 10.4. The van der Waals surface area contributed by atoms with Gasteiger partial charge in [0.05, 0.1) is 17.9 Å². The number of amides is 1. The van der Waals surface area contributed by atoms with Gasteiger partial charge in [-0.2, -0.15) is 10.2 Å². The van der Waals surface area contributed by atoms with Gasteiger partial charge in [0.15, 0.2) is 0 Å². The van der Waals surface area contributed by atoms with Crippen molar-refractivity contribution >= 4 is 5.91 Å². The van der Waals surface area contributed by atoms with Crippen LogP contribution in [0.25, 0.3) is 5.69 Å². The number of rotatable bonds is 5. The van der Waals surface area contributed by atoms with Gasteiger partial charge in [0, 0.05) is 18.1 Å². The second-order valence-corrected chi connectivity index (χ2v) is 7.89. The smallest absolute Gasteiger partial charge is 0.248 e. The molecule has 1 aliphatic carbocycles. The maximum atomic E-state index is 13.3. The van der Waals surface area contributed by atoms with Crippen LogP contribution in [0, 0.1) is 0 Å². The van der Waals surface area contributed by atoms with E-state index in [2.05, 4.69) is 32.5 Å². The lowest BCUT2D eigenvalue weighted by Crippen LogP contribution is -2.54. The molecule has 1 fully saturated rings. The molecule has 1 amide bonds. The van der Waals surface area contributed by atoms with Crippen molar-refractivity contribution in [2.24, 2.45) is 0 Å². The number of benzene rings is 1. The minimum atomic E-state index is -0.625. The van der Waals surface area contributed by atoms with E-state index in [9.17, 15) is 4.79 Å². The van der Waals surface area contributed by atoms with Crippen LogP contribution in [0.2, 0.25) is 0 Å². The monoisotopic (exact) mass is 390 g/mol. The number of carbonyl (C=O) groups excluding carboxylic acids is 1. The fourth-order valence-electron chi connectivity index (χ4n) is 4.69. The lowest BCUT2D eigenvalue weighted by molar-refractivity contribution is -0.132. The molecule has 3 aromatic rings. The van der Waals surface area contributed by atoms with Gasteiger partial charge in [0.2, 0.25) is 5.91 Å². The third-order valence-corrected chi connectivity index (χ3v) is 6.23. The number of piperidine rings is 1. The zero-order valence-electron chi connectivity index (χ0n) is 16.5. The number of fused-ring (bicyclic) bond motifs is 1. The van der Waals surface area contributed by atoms with Crippen molar-refractivity contribution in [3.63, 3.8) is 0 Å². The molecule has 7 heteroatoms. The molecule has 1 aliphatic heterocycles. The summed E-state index contributed by atoms with van der Waals surface area (Å²) in [6, 6.07) is 12.1. The lowest BCUT2D eigenvalue weighted by Gasteiger charge is -2.36. The molecule has 1 saturated heterocycles. The number of hydrogen-bond acceptors (Lipinski definition) is 4. The summed E-state index contributed by atoms with van der Waals surface area (Å²) in [6.07, 6.45) is 8.31. The zero-order valence-corrected chi connectivity index (χ0v) is 16.5. The minimum Gasteiger partial charge on any atom is -0.348 e. The molecule has 5 rings (SSSR count). The van der Waals surface area contributed by atoms with Crippen LogP contribution in [0.1, 0.15) is 36.2 Å². The highest BCUT2D eigenvalue weighted by molar-refractivity contribution is 5.84. The molecule has 2 aliphatic rings. The predicted octanol–water partition coefficient (Wildman–Crippen LogP) is 1.95. The van der Waals surface area contributed by atoms with Gasteiger partial charge in [-0.25, -0.2) is 4.68 Å². The molecule has 2 N–H and O–H groups in total. The van der Waals surface area contributed by atoms with Crippen molar-refractivity contribution in [2.75, 3.05) is 13.1 Å². The Balaban J connectivity index is 1.39. The number of hydrogen-bond donors (Lipinski definition) is 2. The highest BCUT2D eigenvalue weighted by Crippen LogP contribution is 2.29. The highest BCUT2D eigenvalue weighted by atomic mass is 16.2. The second-order valence-electron chi connectivity index (χ2n) is 7.89. The van der Waals surface area contributed by atoms with Crippen molar-refractivity contribution in [2.45, 2.75) is 44.2 Å². The molecule has 0 bridgehead atoms. The Morgan fingerprint density at radius 2 is 1.97 bits per heavy atom. The highest BCUT2D eigenvalue weighted by Gasteiger charge is 2.42. The molecular weight excluding hydrogens is 364 g/mol. The number of nitrogens with zero attached hydrogens (tertiary/aromatic N) is 4. The molecule has 150 valence electrons. The fourth-order valence-corrected chi connectivity index (χ4v) is 4.69. The molecule has 0 atom stereocenters. The van der Waals surface area contributed by atoms with Crippen LogP contribution in [-0.2, 0) is 29.7 Å². The summed E-state index contributed by atoms with van der Waals surface area (Å²) < 4.78 is 3.88. The summed E-state index contributed by atoms with van der Waals surface area (Å²) in [5, 5.41) is 15.8. The average molecular weight is 390 g/mol. The van der Waals surface area contributed by atoms with Crippen LogP contribution in [0.5, 0.6) is 0 Å². The number of para-hydroxylation sites is 1. The van der Waals surface area contributed by atoms with Crippen molar-refractivity contribution < 1.29 is 4.79 Å². The van der Waals surface area contributed by atoms with Gasteiger partial charge in [0.25, 0.3) is 0 Å². The van der Waals surface area contributed by atoms with Crippen molar-refractivity contribution in [3.05, 3.63) is 65.7 Å². The van der Waals surface area contributed by atoms with Gasteiger partial charge in [0.1, 0.15) is 5.54 Å². The van der Waals surface area contributed by atoms with E-state index < -0.39 is 5.54 Å². The Hall–Kier alpha value is -2.93. The summed E-state index contributed by atoms with van der Waals surface area (Å²) in [7, 11) is 0. The van der Waals surface area contributed by atoms with E-state index in [0.29, 0.717) is 6.54 Å². The molecule has 0 saturated carbocycles. The molecule has 29 heavy (non-hydrogen) atoms. The second kappa shape index (κ2) is 7.48. The summed E-state index contributed by atoms with van der Waals surface area (Å²) in [5.41, 5.74) is 4.02. The average Bonchev–Trinajstić information content (AvgIpc) is 3.52. The molecule has 7 nitrogen and oxygen atoms in total. The molecule has 1 aromatic carbocycles. The standard InChI is InChI=1S/C22H26N6O/c29-21(22(10-13-23-14-11-22)27-15-5-12-25-27)24-16-19-18-8-4-9-20(18)28(26-19)17-6-2-1-3-7-17/h1-3,5-7,12,15,23H,4,8-11,13-14,16H2,(H,24,29). The summed E-state index contributed by atoms with van der Waals surface area (Å²) in [6.45, 7) is 2.08. The first kappa shape index (κ1) is 18.1. The van der Waals surface area contributed by atoms with E-state index >= 15 is 0 Å². The summed E-state index contributed by atoms with van der Waals surface area (Å²) in [4.78, 5) is 13.3. The van der Waals surface area contributed by atoms with Gasteiger partial charge in [-0.3, -0.25) is 9.48 Å². The molecule has 2 aromatic heterocycles. The van der Waals surface area contributed by atoms with E-state index in [1.807, 2.05) is 35.1 Å². The van der Waals surface area contributed by atoms with Crippen LogP contribution >= 0.6 is 0 Å². The van der Waals surface area contributed by atoms with E-state index in [1.54, 1.807) is 6.20 Å². The molecular formula is C22H26N6O. The van der Waals surface area contributed by atoms with Gasteiger partial charge >= 0.3 is 0 Å². The minimum absolute atomic E-state index is 0.0312. The Labute approximate surface area is 170 Å². The predicted molar refractivity (Wildman–Crippen MR) is 110 cm³/mol. The maximum Gasteiger partial charge on any atom is 0.248 e. The van der Waals surface area contributed by atoms with Crippen LogP contribution in [0.3, 0.4) is 0 Å². The fraction of sp³-hybridized carbons (Fsp3) is 0.409. The van der Waals surface area contributed by atoms with Crippen LogP contribution < -0.4 is 10.6 Å². The molecule has 3 heterocycles. The third-order valence-electron chi connectivity index (χ3n) is 6.23. The van der Waals surface area contributed by atoms with Crippen LogP contribution in [0.15, 0.2) is 48.8 Å². The largest absolute Gasteiger partial charge is 0.348 e. The Morgan fingerprint density at radius 3 is 2.72 bits per heavy atom. The molecule has 0 unspecified atom stereocenters. The first-order chi connectivity index (χ1) is 14.3. The van der Waals surface area contributed by atoms with Crippen molar-refractivity contribution in [3.8, 4) is 5.69 Å². The number of aromatic nitrogens is 4. The van der Waals surface area contributed by atoms with Crippen molar-refractivity contribution in [1.29, 1.82) is 0 Å². The molecule has 0 radical (unpaired) electrons. The van der Waals surface area contributed by atoms with E-state index in [0.717, 1.165) is 56.6 Å². The third kappa shape index (κ3) is 3.15. The number of carbonyl (C=O) groups is 1. The van der Waals surface area contributed by atoms with Crippen LogP contribution in [-0.4, -0.2) is 38.6 Å². The quantitative estimate of drug-likeness (QED) is 0.698. The SMILES string of the molecule is O=C(NCc1nn(-c2ccccc2)c2c1CCC2)C1(n2cccn2)CCNCC1. The van der Waals surface area contributed by atoms with E-state index in [1.165, 1.54) is 11.3 Å². The Kier molecular flexibility index (Phi) is 4.67. The van der Waals surface area contributed by atoms with Gasteiger partial charge < -0.3 is 10.6 Å². The summed E-state index contributed by atoms with van der Waals surface area (Å²) >= 11 is 0. The van der Waals surface area contributed by atoms with Crippen LogP contribution in [0.4, 0.5) is 0 Å². The Morgan fingerprint density at radius 1 is 1.14 bits per heavy atom.